The molecule has 0 atom stereocenters. The largest absolute Gasteiger partial charge is 0.534 e. The number of pyridine rings is 1. The van der Waals surface area contributed by atoms with Gasteiger partial charge in [-0.25, -0.2) is 4.98 Å². The van der Waals surface area contributed by atoms with Gasteiger partial charge in [0.2, 0.25) is 5.88 Å². The molecule has 2 aromatic carbocycles. The van der Waals surface area contributed by atoms with E-state index in [9.17, 15) is 21.6 Å². The molecule has 142 valence electrons. The Morgan fingerprint density at radius 3 is 2.26 bits per heavy atom. The van der Waals surface area contributed by atoms with Crippen LogP contribution >= 0.6 is 23.2 Å². The summed E-state index contributed by atoms with van der Waals surface area (Å²) in [5.74, 6) is -0.164. The third-order valence-electron chi connectivity index (χ3n) is 3.25. The molecule has 3 aromatic rings. The van der Waals surface area contributed by atoms with Gasteiger partial charge in [0.25, 0.3) is 0 Å². The standard InChI is InChI=1S/C16H8Cl2F3NO4S/c17-11-2-1-3-12(18)15(11)25-14-7-4-9-8-10(5-6-13(9)22-14)26-27(23,24)16(19,20)21/h1-8H. The fraction of sp³-hybridized carbons (Fsp3) is 0.0625. The molecule has 1 heterocycles. The van der Waals surface area contributed by atoms with Crippen molar-refractivity contribution in [2.75, 3.05) is 0 Å². The van der Waals surface area contributed by atoms with Crippen molar-refractivity contribution in [1.82, 2.24) is 4.98 Å². The van der Waals surface area contributed by atoms with Crippen molar-refractivity contribution in [3.63, 3.8) is 0 Å². The smallest absolute Gasteiger partial charge is 0.436 e. The summed E-state index contributed by atoms with van der Waals surface area (Å²) in [6.45, 7) is 0. The lowest BCUT2D eigenvalue weighted by molar-refractivity contribution is -0.0500. The van der Waals surface area contributed by atoms with Gasteiger partial charge in [-0.15, -0.1) is 0 Å². The van der Waals surface area contributed by atoms with E-state index >= 15 is 0 Å². The van der Waals surface area contributed by atoms with Crippen LogP contribution in [0.2, 0.25) is 10.0 Å². The molecule has 11 heteroatoms. The van der Waals surface area contributed by atoms with Gasteiger partial charge >= 0.3 is 15.6 Å². The predicted molar refractivity (Wildman–Crippen MR) is 93.9 cm³/mol. The van der Waals surface area contributed by atoms with Crippen LogP contribution in [0.25, 0.3) is 10.9 Å². The zero-order valence-corrected chi connectivity index (χ0v) is 15.3. The van der Waals surface area contributed by atoms with Gasteiger partial charge in [-0.2, -0.15) is 21.6 Å². The number of halogens is 5. The summed E-state index contributed by atoms with van der Waals surface area (Å²) >= 11 is 12.0. The second-order valence-electron chi connectivity index (χ2n) is 5.14. The van der Waals surface area contributed by atoms with Crippen molar-refractivity contribution in [2.45, 2.75) is 5.51 Å². The number of para-hydroxylation sites is 1. The summed E-state index contributed by atoms with van der Waals surface area (Å²) in [6.07, 6.45) is 0. The van der Waals surface area contributed by atoms with Gasteiger partial charge in [-0.05, 0) is 36.4 Å². The highest BCUT2D eigenvalue weighted by Gasteiger charge is 2.48. The van der Waals surface area contributed by atoms with Crippen LogP contribution in [0.15, 0.2) is 48.5 Å². The predicted octanol–water partition coefficient (Wildman–Crippen LogP) is 5.56. The average molecular weight is 438 g/mol. The van der Waals surface area contributed by atoms with Crippen molar-refractivity contribution >= 4 is 44.2 Å². The van der Waals surface area contributed by atoms with Crippen LogP contribution in [0.3, 0.4) is 0 Å². The molecule has 0 saturated carbocycles. The van der Waals surface area contributed by atoms with Gasteiger partial charge in [0.1, 0.15) is 5.75 Å². The van der Waals surface area contributed by atoms with Crippen LogP contribution in [0.5, 0.6) is 17.4 Å². The molecule has 0 fully saturated rings. The lowest BCUT2D eigenvalue weighted by atomic mass is 10.2. The molecule has 0 aliphatic carbocycles. The quantitative estimate of drug-likeness (QED) is 0.394. The molecule has 5 nitrogen and oxygen atoms in total. The molecule has 0 aliphatic heterocycles. The Morgan fingerprint density at radius 1 is 0.963 bits per heavy atom. The van der Waals surface area contributed by atoms with Crippen molar-refractivity contribution in [1.29, 1.82) is 0 Å². The Labute approximate surface area is 161 Å². The summed E-state index contributed by atoms with van der Waals surface area (Å²) in [4.78, 5) is 4.17. The number of rotatable bonds is 4. The van der Waals surface area contributed by atoms with E-state index in [0.29, 0.717) is 10.9 Å². The summed E-state index contributed by atoms with van der Waals surface area (Å²) in [5, 5.41) is 0.874. The van der Waals surface area contributed by atoms with Gasteiger partial charge in [-0.1, -0.05) is 29.3 Å². The van der Waals surface area contributed by atoms with Gasteiger partial charge in [0.05, 0.1) is 15.6 Å². The molecule has 0 saturated heterocycles. The minimum atomic E-state index is -5.75. The highest BCUT2D eigenvalue weighted by molar-refractivity contribution is 7.88. The highest BCUT2D eigenvalue weighted by atomic mass is 35.5. The number of ether oxygens (including phenoxy) is 1. The van der Waals surface area contributed by atoms with Crippen molar-refractivity contribution in [2.24, 2.45) is 0 Å². The third-order valence-corrected chi connectivity index (χ3v) is 4.82. The van der Waals surface area contributed by atoms with Crippen molar-refractivity contribution in [3.8, 4) is 17.4 Å². The zero-order valence-electron chi connectivity index (χ0n) is 13.0. The van der Waals surface area contributed by atoms with Gasteiger partial charge < -0.3 is 8.92 Å². The average Bonchev–Trinajstić information content (AvgIpc) is 2.57. The SMILES string of the molecule is O=S(=O)(Oc1ccc2nc(Oc3c(Cl)cccc3Cl)ccc2c1)C(F)(F)F. The van der Waals surface area contributed by atoms with E-state index in [4.69, 9.17) is 27.9 Å². The van der Waals surface area contributed by atoms with Gasteiger partial charge in [0.15, 0.2) is 5.75 Å². The van der Waals surface area contributed by atoms with Crippen molar-refractivity contribution in [3.05, 3.63) is 58.6 Å². The summed E-state index contributed by atoms with van der Waals surface area (Å²) in [5.41, 5.74) is -5.20. The minimum Gasteiger partial charge on any atom is -0.436 e. The molecular formula is C16H8Cl2F3NO4S. The number of hydrogen-bond donors (Lipinski definition) is 0. The van der Waals surface area contributed by atoms with E-state index in [0.717, 1.165) is 12.1 Å². The molecule has 0 spiro atoms. The van der Waals surface area contributed by atoms with Crippen LogP contribution in [0.4, 0.5) is 13.2 Å². The summed E-state index contributed by atoms with van der Waals surface area (Å²) in [6, 6.07) is 11.1. The van der Waals surface area contributed by atoms with Crippen LogP contribution in [0.1, 0.15) is 0 Å². The van der Waals surface area contributed by atoms with E-state index in [-0.39, 0.29) is 21.7 Å². The molecule has 0 unspecified atom stereocenters. The van der Waals surface area contributed by atoms with E-state index in [2.05, 4.69) is 9.17 Å². The number of nitrogens with zero attached hydrogens (tertiary/aromatic N) is 1. The van der Waals surface area contributed by atoms with E-state index in [1.807, 2.05) is 0 Å². The Bertz CT molecular complexity index is 1100. The molecule has 0 bridgehead atoms. The van der Waals surface area contributed by atoms with Crippen LogP contribution in [-0.4, -0.2) is 18.9 Å². The Balaban J connectivity index is 1.90. The lowest BCUT2D eigenvalue weighted by Gasteiger charge is -2.11. The number of hydrogen-bond acceptors (Lipinski definition) is 5. The van der Waals surface area contributed by atoms with Crippen LogP contribution in [0, 0.1) is 0 Å². The molecule has 3 rings (SSSR count). The monoisotopic (exact) mass is 437 g/mol. The molecule has 0 amide bonds. The second kappa shape index (κ2) is 7.06. The maximum Gasteiger partial charge on any atom is 0.534 e. The Kier molecular flexibility index (Phi) is 5.11. The molecular weight excluding hydrogens is 430 g/mol. The first-order valence-electron chi connectivity index (χ1n) is 7.10. The Morgan fingerprint density at radius 2 is 1.63 bits per heavy atom. The topological polar surface area (TPSA) is 65.5 Å². The molecule has 0 N–H and O–H groups in total. The highest BCUT2D eigenvalue weighted by Crippen LogP contribution is 2.36. The summed E-state index contributed by atoms with van der Waals surface area (Å²) in [7, 11) is -5.75. The van der Waals surface area contributed by atoms with Crippen molar-refractivity contribution < 1.29 is 30.5 Å². The van der Waals surface area contributed by atoms with Crippen LogP contribution in [-0.2, 0) is 10.1 Å². The van der Waals surface area contributed by atoms with E-state index in [1.165, 1.54) is 18.2 Å². The first-order valence-corrected chi connectivity index (χ1v) is 9.27. The minimum absolute atomic E-state index is 0.133. The third kappa shape index (κ3) is 4.20. The molecule has 0 radical (unpaired) electrons. The van der Waals surface area contributed by atoms with Crippen LogP contribution < -0.4 is 8.92 Å². The fourth-order valence-corrected chi connectivity index (χ4v) is 2.98. The maximum absolute atomic E-state index is 12.4. The molecule has 1 aromatic heterocycles. The number of benzene rings is 2. The first-order chi connectivity index (χ1) is 12.6. The van der Waals surface area contributed by atoms with E-state index < -0.39 is 21.4 Å². The van der Waals surface area contributed by atoms with E-state index in [1.54, 1.807) is 18.2 Å². The Hall–Kier alpha value is -2.23. The van der Waals surface area contributed by atoms with Gasteiger partial charge in [0, 0.05) is 11.5 Å². The first kappa shape index (κ1) is 19.5. The molecule has 0 aliphatic rings. The normalized spacial score (nSPS) is 12.2. The zero-order chi connectivity index (χ0) is 19.8. The number of fused-ring (bicyclic) bond motifs is 1. The fourth-order valence-electron chi connectivity index (χ4n) is 2.05. The summed E-state index contributed by atoms with van der Waals surface area (Å²) < 4.78 is 69.0. The molecule has 27 heavy (non-hydrogen) atoms. The van der Waals surface area contributed by atoms with Gasteiger partial charge in [-0.3, -0.25) is 0 Å². The lowest BCUT2D eigenvalue weighted by Crippen LogP contribution is -2.28. The number of aromatic nitrogens is 1. The maximum atomic E-state index is 12.4. The second-order valence-corrected chi connectivity index (χ2v) is 7.49. The number of alkyl halides is 3.